The fourth-order valence-corrected chi connectivity index (χ4v) is 12.8. The van der Waals surface area contributed by atoms with Gasteiger partial charge in [0.2, 0.25) is 23.6 Å². The number of methoxy groups -OCH3 is 2. The number of allylic oxidation sites excluding steroid dienone is 3. The molecule has 3 aliphatic heterocycles. The Bertz CT molecular complexity index is 3020. The van der Waals surface area contributed by atoms with Gasteiger partial charge in [-0.1, -0.05) is 99.6 Å². The number of fused-ring (bicyclic) bond motifs is 5. The summed E-state index contributed by atoms with van der Waals surface area (Å²) in [6.07, 6.45) is 1.69. The van der Waals surface area contributed by atoms with Crippen LogP contribution in [0.2, 0.25) is 10.0 Å². The van der Waals surface area contributed by atoms with E-state index in [9.17, 15) is 48.3 Å². The number of unbranched alkanes of at least 4 members (excludes halogenated alkanes) is 1. The number of halogens is 4. The second-order valence-corrected chi connectivity index (χ2v) is 26.3. The van der Waals surface area contributed by atoms with Gasteiger partial charge in [0.05, 0.1) is 41.8 Å². The maximum atomic E-state index is 14.5. The number of hydrogen-bond acceptors (Lipinski definition) is 16. The molecule has 0 spiro atoms. The normalized spacial score (nSPS) is 23.9. The molecule has 0 aromatic heterocycles. The van der Waals surface area contributed by atoms with Gasteiger partial charge in [0, 0.05) is 62.9 Å². The Balaban J connectivity index is 1.32. The summed E-state index contributed by atoms with van der Waals surface area (Å²) in [5.74, 6) is -5.40. The third-order valence-corrected chi connectivity index (χ3v) is 18.6. The minimum absolute atomic E-state index is 0.0171. The monoisotopic (exact) mass is 1430 g/mol. The highest BCUT2D eigenvalue weighted by Gasteiger charge is 2.64. The van der Waals surface area contributed by atoms with Crippen molar-refractivity contribution in [2.45, 2.75) is 173 Å². The van der Waals surface area contributed by atoms with E-state index < -0.39 is 125 Å². The van der Waals surface area contributed by atoms with E-state index in [-0.39, 0.29) is 65.4 Å². The minimum Gasteiger partial charge on any atom is -0.495 e. The lowest BCUT2D eigenvalue weighted by molar-refractivity contribution is -0.161. The number of nitrogens with one attached hydrogen (secondary N) is 5. The molecule has 28 heteroatoms. The first-order valence-corrected chi connectivity index (χ1v) is 32.7. The Morgan fingerprint density at radius 3 is 2.30 bits per heavy atom. The van der Waals surface area contributed by atoms with Gasteiger partial charge in [-0.2, -0.15) is 0 Å². The van der Waals surface area contributed by atoms with E-state index in [1.54, 1.807) is 65.8 Å². The molecule has 4 bridgehead atoms. The average Bonchev–Trinajstić information content (AvgIpc) is 1.57. The van der Waals surface area contributed by atoms with Crippen molar-refractivity contribution in [3.63, 3.8) is 0 Å². The summed E-state index contributed by atoms with van der Waals surface area (Å²) in [5, 5.41) is 26.0. The summed E-state index contributed by atoms with van der Waals surface area (Å²) >= 11 is 20.3. The summed E-state index contributed by atoms with van der Waals surface area (Å²) in [6, 6.07) is 3.17. The predicted octanol–water partition coefficient (Wildman–Crippen LogP) is 7.78. The number of alkyl halides is 2. The number of hydrogen-bond donors (Lipinski definition) is 7. The van der Waals surface area contributed by atoms with Crippen molar-refractivity contribution in [2.75, 3.05) is 55.7 Å². The van der Waals surface area contributed by atoms with E-state index in [2.05, 4.69) is 58.4 Å². The number of urea groups is 1. The zero-order valence-corrected chi connectivity index (χ0v) is 57.6. The lowest BCUT2D eigenvalue weighted by atomic mass is 9.83. The van der Waals surface area contributed by atoms with E-state index in [0.717, 1.165) is 16.0 Å². The molecule has 0 aliphatic carbocycles. The zero-order valence-electron chi connectivity index (χ0n) is 52.9. The molecule has 0 unspecified atom stereocenters. The van der Waals surface area contributed by atoms with Gasteiger partial charge in [0.1, 0.15) is 58.4 Å². The summed E-state index contributed by atoms with van der Waals surface area (Å²) < 4.78 is 35.3. The number of rotatable bonds is 25. The Hall–Kier alpha value is -6.03. The molecule has 24 nitrogen and oxygen atoms in total. The van der Waals surface area contributed by atoms with Crippen molar-refractivity contribution in [3.05, 3.63) is 75.3 Å². The van der Waals surface area contributed by atoms with Gasteiger partial charge in [-0.25, -0.2) is 14.4 Å². The van der Waals surface area contributed by atoms with Crippen molar-refractivity contribution in [3.8, 4) is 5.75 Å². The maximum absolute atomic E-state index is 14.5. The van der Waals surface area contributed by atoms with E-state index in [4.69, 9.17) is 57.4 Å². The number of epoxide rings is 1. The van der Waals surface area contributed by atoms with E-state index >= 15 is 0 Å². The number of carbonyl (C=O) groups is 9. The molecule has 8 N–H and O–H groups in total. The number of nitrogens with zero attached hydrogens (tertiary/aromatic N) is 2. The number of esters is 2. The molecule has 5 rings (SSSR count). The number of aliphatic hydroxyl groups is 1. The molecule has 8 amide bonds. The number of primary amides is 1. The standard InChI is InChI=1S/C62H86Br2Cl2N8O16/c1-33(2)51(71-48(75)20-13-14-23-60(6,7)90-57(81)38(31-63)32-64)54(78)70-42(18-16-24-68-58(67)82)53(77)69-39-21-22-40(41(65)28-39)55(79)73(9)36(5)56(80)88-47-29-49(76)74(10)43-26-37(27-44(85-11)50(43)66)25-34(3)17-15-19-46(86-12)62(84)30-45(87-59(83)72-62)35(4)52-61(47,8)89-52/h15,17,19,21-22,26-28,33,35-36,38,42,45-47,51-52,84H,13-14,16,18,20,23-25,29-32H2,1-12H3,(H,69,77)(H,70,78)(H,71,75)(H,72,83)(H3,67,68,82)/b19-15+,34-17+/t35-,36+,42+,45+,46-,47+,51+,52+,61+,62+/m1/s1. The molecule has 0 saturated carbocycles. The molecule has 2 saturated heterocycles. The second-order valence-electron chi connectivity index (χ2n) is 24.2. The van der Waals surface area contributed by atoms with Crippen molar-refractivity contribution in [1.29, 1.82) is 0 Å². The lowest BCUT2D eigenvalue weighted by Crippen LogP contribution is -2.63. The Labute approximate surface area is 552 Å². The van der Waals surface area contributed by atoms with Gasteiger partial charge in [0.25, 0.3) is 5.91 Å². The molecule has 0 radical (unpaired) electrons. The number of alkyl carbamates (subject to hydrolysis) is 1. The fraction of sp³-hybridized carbons (Fsp3) is 0.597. The molecular formula is C62H86Br2Cl2N8O16. The highest BCUT2D eigenvalue weighted by Crippen LogP contribution is 2.49. The molecule has 3 heterocycles. The van der Waals surface area contributed by atoms with Crippen LogP contribution in [0.4, 0.5) is 21.0 Å². The highest BCUT2D eigenvalue weighted by atomic mass is 79.9. The van der Waals surface area contributed by atoms with Crippen LogP contribution in [0.3, 0.4) is 0 Å². The van der Waals surface area contributed by atoms with Crippen LogP contribution in [0, 0.1) is 17.8 Å². The van der Waals surface area contributed by atoms with Crippen LogP contribution in [0.25, 0.3) is 0 Å². The maximum Gasteiger partial charge on any atom is 0.409 e. The molecule has 2 aromatic rings. The second kappa shape index (κ2) is 33.0. The number of benzene rings is 2. The van der Waals surface area contributed by atoms with Gasteiger partial charge in [-0.05, 0) is 115 Å². The summed E-state index contributed by atoms with van der Waals surface area (Å²) in [6.45, 7) is 13.8. The van der Waals surface area contributed by atoms with Crippen LogP contribution in [0.15, 0.2) is 54.1 Å². The largest absolute Gasteiger partial charge is 0.495 e. The van der Waals surface area contributed by atoms with Crippen molar-refractivity contribution in [1.82, 2.24) is 26.2 Å². The van der Waals surface area contributed by atoms with Crippen LogP contribution >= 0.6 is 55.1 Å². The van der Waals surface area contributed by atoms with Crippen LogP contribution in [-0.4, -0.2) is 169 Å². The zero-order chi connectivity index (χ0) is 67.2. The van der Waals surface area contributed by atoms with Gasteiger partial charge in [0.15, 0.2) is 5.72 Å². The van der Waals surface area contributed by atoms with Crippen molar-refractivity contribution >= 4 is 120 Å². The molecule has 2 fully saturated rings. The third kappa shape index (κ3) is 20.0. The summed E-state index contributed by atoms with van der Waals surface area (Å²) in [4.78, 5) is 124. The SMILES string of the molecule is COc1cc2cc(c1Cl)N(C)C(=O)C[C@H](OC(=O)[C@H](C)N(C)C(=O)c1ccc(NC(=O)[C@H](CCCNC(N)=O)NC(=O)[C@@H](NC(=O)CCCCC(C)(C)OC(=O)C(CBr)CBr)C(C)C)cc1Cl)[C@]1(C)O[C@H]1[C@H](C)[C@@H]1C[C@@](O)(NC(=O)O1)[C@H](OC)/C=C/C=C(\C)C2. The number of amides is 8. The van der Waals surface area contributed by atoms with E-state index in [1.165, 1.54) is 58.3 Å². The Kier molecular flexibility index (Phi) is 27.4. The number of anilines is 2. The molecule has 498 valence electrons. The van der Waals surface area contributed by atoms with Gasteiger partial charge < -0.3 is 70.3 Å². The third-order valence-electron chi connectivity index (χ3n) is 16.3. The highest BCUT2D eigenvalue weighted by molar-refractivity contribution is 9.09. The summed E-state index contributed by atoms with van der Waals surface area (Å²) in [7, 11) is 5.71. The van der Waals surface area contributed by atoms with Crippen LogP contribution in [0.1, 0.15) is 123 Å². The van der Waals surface area contributed by atoms with Crippen molar-refractivity contribution < 1.29 is 76.7 Å². The van der Waals surface area contributed by atoms with E-state index in [1.807, 2.05) is 13.0 Å². The number of nitrogens with two attached hydrogens (primary N) is 1. The van der Waals surface area contributed by atoms with E-state index in [0.29, 0.717) is 47.8 Å². The Morgan fingerprint density at radius 1 is 0.989 bits per heavy atom. The fourth-order valence-electron chi connectivity index (χ4n) is 10.6. The number of likely N-dealkylation sites (N-methyl/N-ethyl adjacent to an activating group) is 1. The topological polar surface area (TPSA) is 325 Å². The van der Waals surface area contributed by atoms with Crippen LogP contribution in [0.5, 0.6) is 5.75 Å². The number of ether oxygens (including phenoxy) is 6. The van der Waals surface area contributed by atoms with Crippen LogP contribution in [-0.2, 0) is 58.9 Å². The first-order chi connectivity index (χ1) is 42.2. The van der Waals surface area contributed by atoms with Crippen molar-refractivity contribution in [2.24, 2.45) is 23.5 Å². The smallest absolute Gasteiger partial charge is 0.409 e. The predicted molar refractivity (Wildman–Crippen MR) is 346 cm³/mol. The van der Waals surface area contributed by atoms with Gasteiger partial charge in [-0.3, -0.25) is 34.1 Å². The molecular weight excluding hydrogens is 1340 g/mol. The first kappa shape index (κ1) is 74.7. The average molecular weight is 1430 g/mol. The minimum atomic E-state index is -1.93. The van der Waals surface area contributed by atoms with Gasteiger partial charge in [-0.15, -0.1) is 0 Å². The molecule has 90 heavy (non-hydrogen) atoms. The first-order valence-electron chi connectivity index (χ1n) is 29.7. The lowest BCUT2D eigenvalue weighted by Gasteiger charge is -2.42. The molecule has 2 aromatic carbocycles. The summed E-state index contributed by atoms with van der Waals surface area (Å²) in [5.41, 5.74) is 3.14. The molecule has 10 atom stereocenters. The quantitative estimate of drug-likeness (QED) is 0.0164. The van der Waals surface area contributed by atoms with Gasteiger partial charge >= 0.3 is 24.1 Å². The number of carbonyl (C=O) groups excluding carboxylic acids is 9. The van der Waals surface area contributed by atoms with Crippen LogP contribution < -0.4 is 42.0 Å². The molecule has 3 aliphatic rings. The Morgan fingerprint density at radius 2 is 1.68 bits per heavy atom.